The van der Waals surface area contributed by atoms with E-state index in [4.69, 9.17) is 0 Å². The summed E-state index contributed by atoms with van der Waals surface area (Å²) >= 11 is 0. The van der Waals surface area contributed by atoms with Crippen LogP contribution in [-0.2, 0) is 17.2 Å². The van der Waals surface area contributed by atoms with E-state index in [1.54, 1.807) is 0 Å². The Kier molecular flexibility index (Phi) is 4.66. The Morgan fingerprint density at radius 1 is 0.864 bits per heavy atom. The molecule has 0 amide bonds. The van der Waals surface area contributed by atoms with Crippen molar-refractivity contribution in [2.45, 2.75) is 17.4 Å². The lowest BCUT2D eigenvalue weighted by Gasteiger charge is -2.11. The molecule has 22 heavy (non-hydrogen) atoms. The van der Waals surface area contributed by atoms with Crippen LogP contribution in [-0.4, -0.2) is 21.2 Å². The third kappa shape index (κ3) is 3.62. The fourth-order valence-electron chi connectivity index (χ4n) is 2.53. The molecule has 0 aliphatic rings. The Bertz CT molecular complexity index is 784. The summed E-state index contributed by atoms with van der Waals surface area (Å²) in [6.45, 7) is 0. The van der Waals surface area contributed by atoms with Gasteiger partial charge in [-0.15, -0.1) is 0 Å². The van der Waals surface area contributed by atoms with Crippen LogP contribution in [0, 0.1) is 0 Å². The van der Waals surface area contributed by atoms with Gasteiger partial charge in [0.15, 0.2) is 0 Å². The molecule has 3 aromatic rings. The van der Waals surface area contributed by atoms with E-state index >= 15 is 0 Å². The first-order valence-corrected chi connectivity index (χ1v) is 8.63. The van der Waals surface area contributed by atoms with Crippen molar-refractivity contribution < 1.29 is 9.32 Å². The second-order valence-corrected chi connectivity index (χ2v) is 6.86. The third-order valence-electron chi connectivity index (χ3n) is 3.64. The molecule has 0 aliphatic heterocycles. The van der Waals surface area contributed by atoms with E-state index in [1.807, 2.05) is 72.8 Å². The molecule has 2 nitrogen and oxygen atoms in total. The molecule has 0 fully saturated rings. The average Bonchev–Trinajstić information content (AvgIpc) is 2.55. The molecule has 0 bridgehead atoms. The number of aliphatic hydroxyl groups excluding tert-OH is 1. The predicted octanol–water partition coefficient (Wildman–Crippen LogP) is 3.55. The summed E-state index contributed by atoms with van der Waals surface area (Å²) in [4.78, 5) is 0.769. The molecule has 2 atom stereocenters. The smallest absolute Gasteiger partial charge is 0.0699 e. The molecule has 0 saturated heterocycles. The molecule has 3 aromatic carbocycles. The Hall–Kier alpha value is -1.97. The molecule has 0 radical (unpaired) electrons. The molecule has 2 unspecified atom stereocenters. The van der Waals surface area contributed by atoms with E-state index in [9.17, 15) is 9.32 Å². The molecule has 0 spiro atoms. The minimum Gasteiger partial charge on any atom is -0.392 e. The van der Waals surface area contributed by atoms with Crippen LogP contribution in [0.15, 0.2) is 77.7 Å². The summed E-state index contributed by atoms with van der Waals surface area (Å²) in [5.74, 6) is 0.257. The lowest BCUT2D eigenvalue weighted by Crippen LogP contribution is -2.19. The van der Waals surface area contributed by atoms with Crippen molar-refractivity contribution in [1.82, 2.24) is 0 Å². The van der Waals surface area contributed by atoms with E-state index in [0.717, 1.165) is 21.2 Å². The van der Waals surface area contributed by atoms with Gasteiger partial charge in [-0.1, -0.05) is 60.7 Å². The van der Waals surface area contributed by atoms with Crippen LogP contribution in [0.3, 0.4) is 0 Å². The van der Waals surface area contributed by atoms with Gasteiger partial charge >= 0.3 is 0 Å². The quantitative estimate of drug-likeness (QED) is 0.782. The highest BCUT2D eigenvalue weighted by Crippen LogP contribution is 2.18. The maximum absolute atomic E-state index is 12.4. The molecule has 0 aliphatic carbocycles. The van der Waals surface area contributed by atoms with Crippen molar-refractivity contribution in [3.05, 3.63) is 78.4 Å². The Labute approximate surface area is 132 Å². The predicted molar refractivity (Wildman–Crippen MR) is 91.4 cm³/mol. The molecule has 0 heterocycles. The van der Waals surface area contributed by atoms with Crippen LogP contribution in [0.1, 0.15) is 5.56 Å². The number of rotatable bonds is 5. The zero-order valence-electron chi connectivity index (χ0n) is 12.2. The Balaban J connectivity index is 1.70. The van der Waals surface area contributed by atoms with Gasteiger partial charge in [0.25, 0.3) is 0 Å². The van der Waals surface area contributed by atoms with E-state index in [1.165, 1.54) is 0 Å². The number of aliphatic hydroxyl groups is 1. The third-order valence-corrected chi connectivity index (χ3v) is 5.11. The van der Waals surface area contributed by atoms with E-state index in [-0.39, 0.29) is 5.75 Å². The standard InChI is InChI=1S/C19H18O2S/c20-18(12-15-6-2-1-3-7-15)14-22(21)19-11-10-16-8-4-5-9-17(16)13-19/h1-11,13,18,20H,12,14H2. The molecular formula is C19H18O2S. The average molecular weight is 310 g/mol. The molecule has 112 valence electrons. The van der Waals surface area contributed by atoms with Crippen LogP contribution >= 0.6 is 0 Å². The molecule has 0 saturated carbocycles. The van der Waals surface area contributed by atoms with Gasteiger partial charge in [-0.3, -0.25) is 4.21 Å². The Morgan fingerprint density at radius 2 is 1.55 bits per heavy atom. The maximum Gasteiger partial charge on any atom is 0.0699 e. The van der Waals surface area contributed by atoms with Gasteiger partial charge in [-0.25, -0.2) is 0 Å². The van der Waals surface area contributed by atoms with E-state index in [0.29, 0.717) is 6.42 Å². The molecule has 3 rings (SSSR count). The first-order chi connectivity index (χ1) is 10.7. The number of hydrogen-bond acceptors (Lipinski definition) is 2. The maximum atomic E-state index is 12.4. The highest BCUT2D eigenvalue weighted by atomic mass is 32.2. The minimum absolute atomic E-state index is 0.257. The summed E-state index contributed by atoms with van der Waals surface area (Å²) in [7, 11) is -1.19. The van der Waals surface area contributed by atoms with Crippen molar-refractivity contribution in [2.24, 2.45) is 0 Å². The highest BCUT2D eigenvalue weighted by molar-refractivity contribution is 7.85. The van der Waals surface area contributed by atoms with Gasteiger partial charge in [0.2, 0.25) is 0 Å². The van der Waals surface area contributed by atoms with Crippen molar-refractivity contribution in [2.75, 3.05) is 5.75 Å². The van der Waals surface area contributed by atoms with E-state index in [2.05, 4.69) is 0 Å². The van der Waals surface area contributed by atoms with Crippen LogP contribution < -0.4 is 0 Å². The van der Waals surface area contributed by atoms with Crippen LogP contribution in [0.4, 0.5) is 0 Å². The SMILES string of the molecule is O=S(CC(O)Cc1ccccc1)c1ccc2ccccc2c1. The summed E-state index contributed by atoms with van der Waals surface area (Å²) in [5.41, 5.74) is 1.06. The lowest BCUT2D eigenvalue weighted by molar-refractivity contribution is 0.199. The molecular weight excluding hydrogens is 292 g/mol. The normalized spacial score (nSPS) is 13.9. The van der Waals surface area contributed by atoms with Crippen molar-refractivity contribution in [1.29, 1.82) is 0 Å². The monoisotopic (exact) mass is 310 g/mol. The zero-order chi connectivity index (χ0) is 15.4. The first-order valence-electron chi connectivity index (χ1n) is 7.31. The largest absolute Gasteiger partial charge is 0.392 e. The highest BCUT2D eigenvalue weighted by Gasteiger charge is 2.12. The van der Waals surface area contributed by atoms with Crippen LogP contribution in [0.25, 0.3) is 10.8 Å². The number of fused-ring (bicyclic) bond motifs is 1. The summed E-state index contributed by atoms with van der Waals surface area (Å²) in [5, 5.41) is 12.4. The van der Waals surface area contributed by atoms with Crippen molar-refractivity contribution >= 4 is 21.6 Å². The van der Waals surface area contributed by atoms with Gasteiger partial charge < -0.3 is 5.11 Å². The molecule has 3 heteroatoms. The topological polar surface area (TPSA) is 37.3 Å². The minimum atomic E-state index is -1.19. The lowest BCUT2D eigenvalue weighted by atomic mass is 10.1. The van der Waals surface area contributed by atoms with Gasteiger partial charge in [-0.05, 0) is 34.9 Å². The summed E-state index contributed by atoms with van der Waals surface area (Å²) in [6, 6.07) is 23.6. The summed E-state index contributed by atoms with van der Waals surface area (Å²) in [6.07, 6.45) is -0.0742. The Morgan fingerprint density at radius 3 is 2.32 bits per heavy atom. The molecule has 1 N–H and O–H groups in total. The van der Waals surface area contributed by atoms with Gasteiger partial charge in [0.05, 0.1) is 22.7 Å². The van der Waals surface area contributed by atoms with Gasteiger partial charge in [0.1, 0.15) is 0 Å². The van der Waals surface area contributed by atoms with Gasteiger partial charge in [0, 0.05) is 4.90 Å². The molecule has 0 aromatic heterocycles. The number of benzene rings is 3. The fourth-order valence-corrected chi connectivity index (χ4v) is 3.66. The summed E-state index contributed by atoms with van der Waals surface area (Å²) < 4.78 is 12.4. The second-order valence-electron chi connectivity index (χ2n) is 5.36. The van der Waals surface area contributed by atoms with E-state index < -0.39 is 16.9 Å². The van der Waals surface area contributed by atoms with Gasteiger partial charge in [-0.2, -0.15) is 0 Å². The van der Waals surface area contributed by atoms with Crippen LogP contribution in [0.2, 0.25) is 0 Å². The zero-order valence-corrected chi connectivity index (χ0v) is 13.0. The second kappa shape index (κ2) is 6.86. The number of hydrogen-bond donors (Lipinski definition) is 1. The van der Waals surface area contributed by atoms with Crippen molar-refractivity contribution in [3.8, 4) is 0 Å². The van der Waals surface area contributed by atoms with Crippen LogP contribution in [0.5, 0.6) is 0 Å². The van der Waals surface area contributed by atoms with Crippen molar-refractivity contribution in [3.63, 3.8) is 0 Å². The fraction of sp³-hybridized carbons (Fsp3) is 0.158. The first kappa shape index (κ1) is 14.9.